The van der Waals surface area contributed by atoms with Crippen molar-refractivity contribution in [3.8, 4) is 0 Å². The van der Waals surface area contributed by atoms with E-state index in [1.807, 2.05) is 11.8 Å². The van der Waals surface area contributed by atoms with Crippen LogP contribution in [0.2, 0.25) is 0 Å². The lowest BCUT2D eigenvalue weighted by Gasteiger charge is -2.29. The van der Waals surface area contributed by atoms with Gasteiger partial charge in [0.1, 0.15) is 0 Å². The molecule has 0 radical (unpaired) electrons. The van der Waals surface area contributed by atoms with E-state index < -0.39 is 0 Å². The second kappa shape index (κ2) is 3.54. The summed E-state index contributed by atoms with van der Waals surface area (Å²) >= 11 is 0. The average molecular weight is 196 g/mol. The molecule has 0 aromatic rings. The molecule has 1 N–H and O–H groups in total. The molecule has 1 heterocycles. The van der Waals surface area contributed by atoms with Crippen molar-refractivity contribution in [3.63, 3.8) is 0 Å². The van der Waals surface area contributed by atoms with Gasteiger partial charge in [-0.25, -0.2) is 0 Å². The fraction of sp³-hybridized carbons (Fsp3) is 0.909. The number of nitrogens with zero attached hydrogens (tertiary/aromatic N) is 1. The molecule has 2 aliphatic rings. The number of hydrogen-bond donors (Lipinski definition) is 1. The lowest BCUT2D eigenvalue weighted by atomic mass is 9.88. The number of rotatable bonds is 2. The van der Waals surface area contributed by atoms with Crippen molar-refractivity contribution in [2.75, 3.05) is 13.2 Å². The zero-order chi connectivity index (χ0) is 10.2. The highest BCUT2D eigenvalue weighted by atomic mass is 16.2. The van der Waals surface area contributed by atoms with Crippen molar-refractivity contribution < 1.29 is 4.79 Å². The summed E-state index contributed by atoms with van der Waals surface area (Å²) in [6.07, 6.45) is 5.24. The fourth-order valence-corrected chi connectivity index (χ4v) is 2.67. The van der Waals surface area contributed by atoms with E-state index in [0.717, 1.165) is 13.2 Å². The van der Waals surface area contributed by atoms with Crippen LogP contribution in [0.25, 0.3) is 0 Å². The normalized spacial score (nSPS) is 31.4. The maximum absolute atomic E-state index is 11.7. The van der Waals surface area contributed by atoms with Crippen LogP contribution in [0.4, 0.5) is 0 Å². The van der Waals surface area contributed by atoms with Crippen molar-refractivity contribution in [1.29, 1.82) is 0 Å². The molecule has 1 amide bonds. The number of amides is 1. The molecule has 1 saturated heterocycles. The Morgan fingerprint density at radius 1 is 1.50 bits per heavy atom. The Balaban J connectivity index is 1.94. The summed E-state index contributed by atoms with van der Waals surface area (Å²) < 4.78 is 0. The van der Waals surface area contributed by atoms with Gasteiger partial charge in [-0.2, -0.15) is 0 Å². The minimum Gasteiger partial charge on any atom is -0.328 e. The van der Waals surface area contributed by atoms with Crippen molar-refractivity contribution in [3.05, 3.63) is 0 Å². The fourth-order valence-electron chi connectivity index (χ4n) is 2.67. The van der Waals surface area contributed by atoms with E-state index >= 15 is 0 Å². The molecule has 2 fully saturated rings. The molecular weight excluding hydrogens is 176 g/mol. The van der Waals surface area contributed by atoms with Gasteiger partial charge in [0.05, 0.1) is 12.7 Å². The van der Waals surface area contributed by atoms with Crippen molar-refractivity contribution in [2.45, 2.75) is 45.6 Å². The molecule has 3 heteroatoms. The van der Waals surface area contributed by atoms with E-state index in [0.29, 0.717) is 5.41 Å². The van der Waals surface area contributed by atoms with Gasteiger partial charge in [0.15, 0.2) is 0 Å². The van der Waals surface area contributed by atoms with Gasteiger partial charge in [-0.1, -0.05) is 19.8 Å². The standard InChI is InChI=1S/C11H20N2O/c1-9-10(14)13(8-12-9)7-11(2)5-3-4-6-11/h9,12H,3-8H2,1-2H3. The molecule has 0 spiro atoms. The van der Waals surface area contributed by atoms with Gasteiger partial charge < -0.3 is 4.90 Å². The zero-order valence-electron chi connectivity index (χ0n) is 9.18. The smallest absolute Gasteiger partial charge is 0.240 e. The summed E-state index contributed by atoms with van der Waals surface area (Å²) in [5.41, 5.74) is 0.390. The van der Waals surface area contributed by atoms with Gasteiger partial charge >= 0.3 is 0 Å². The highest BCUT2D eigenvalue weighted by Gasteiger charge is 2.35. The second-order valence-electron chi connectivity index (χ2n) is 5.14. The first-order valence-corrected chi connectivity index (χ1v) is 5.63. The Kier molecular flexibility index (Phi) is 2.52. The van der Waals surface area contributed by atoms with E-state index in [1.54, 1.807) is 0 Å². The summed E-state index contributed by atoms with van der Waals surface area (Å²) in [6, 6.07) is 0.0278. The maximum Gasteiger partial charge on any atom is 0.240 e. The van der Waals surface area contributed by atoms with Crippen LogP contribution in [0.1, 0.15) is 39.5 Å². The predicted octanol–water partition coefficient (Wildman–Crippen LogP) is 1.34. The molecule has 0 aromatic carbocycles. The Labute approximate surface area is 85.8 Å². The van der Waals surface area contributed by atoms with Crippen LogP contribution < -0.4 is 5.32 Å². The first-order chi connectivity index (χ1) is 6.61. The summed E-state index contributed by atoms with van der Waals surface area (Å²) in [5.74, 6) is 0.276. The average Bonchev–Trinajstić information content (AvgIpc) is 2.68. The SMILES string of the molecule is CC1NCN(CC2(C)CCCC2)C1=O. The lowest BCUT2D eigenvalue weighted by Crippen LogP contribution is -2.37. The van der Waals surface area contributed by atoms with Crippen LogP contribution in [0, 0.1) is 5.41 Å². The monoisotopic (exact) mass is 196 g/mol. The van der Waals surface area contributed by atoms with Gasteiger partial charge in [-0.3, -0.25) is 10.1 Å². The molecule has 0 aromatic heterocycles. The van der Waals surface area contributed by atoms with E-state index in [1.165, 1.54) is 25.7 Å². The lowest BCUT2D eigenvalue weighted by molar-refractivity contribution is -0.129. The van der Waals surface area contributed by atoms with E-state index in [2.05, 4.69) is 12.2 Å². The Hall–Kier alpha value is -0.570. The molecule has 1 aliphatic carbocycles. The van der Waals surface area contributed by atoms with Gasteiger partial charge in [0.2, 0.25) is 5.91 Å². The minimum absolute atomic E-state index is 0.0278. The molecule has 2 rings (SSSR count). The zero-order valence-corrected chi connectivity index (χ0v) is 9.18. The number of nitrogens with one attached hydrogen (secondary N) is 1. The molecule has 1 aliphatic heterocycles. The molecule has 1 saturated carbocycles. The van der Waals surface area contributed by atoms with Crippen LogP contribution in [0.15, 0.2) is 0 Å². The first-order valence-electron chi connectivity index (χ1n) is 5.63. The Bertz CT molecular complexity index is 233. The molecule has 0 bridgehead atoms. The molecule has 1 atom stereocenters. The highest BCUT2D eigenvalue weighted by Crippen LogP contribution is 2.38. The molecule has 80 valence electrons. The van der Waals surface area contributed by atoms with Gasteiger partial charge in [-0.15, -0.1) is 0 Å². The summed E-state index contributed by atoms with van der Waals surface area (Å²) in [5, 5.41) is 3.19. The third kappa shape index (κ3) is 1.78. The number of hydrogen-bond acceptors (Lipinski definition) is 2. The summed E-state index contributed by atoms with van der Waals surface area (Å²) in [6.45, 7) is 5.95. The van der Waals surface area contributed by atoms with Gasteiger partial charge in [0, 0.05) is 6.54 Å². The topological polar surface area (TPSA) is 32.3 Å². The third-order valence-corrected chi connectivity index (χ3v) is 3.65. The van der Waals surface area contributed by atoms with Crippen LogP contribution >= 0.6 is 0 Å². The van der Waals surface area contributed by atoms with Crippen LogP contribution in [0.3, 0.4) is 0 Å². The number of carbonyl (C=O) groups is 1. The van der Waals surface area contributed by atoms with E-state index in [-0.39, 0.29) is 11.9 Å². The molecule has 1 unspecified atom stereocenters. The van der Waals surface area contributed by atoms with Gasteiger partial charge in [0.25, 0.3) is 0 Å². The Morgan fingerprint density at radius 2 is 2.14 bits per heavy atom. The van der Waals surface area contributed by atoms with E-state index in [9.17, 15) is 4.79 Å². The summed E-state index contributed by atoms with van der Waals surface area (Å²) in [4.78, 5) is 13.7. The minimum atomic E-state index is 0.0278. The maximum atomic E-state index is 11.7. The van der Waals surface area contributed by atoms with Crippen LogP contribution in [0.5, 0.6) is 0 Å². The van der Waals surface area contributed by atoms with E-state index in [4.69, 9.17) is 0 Å². The van der Waals surface area contributed by atoms with Crippen LogP contribution in [-0.4, -0.2) is 30.1 Å². The molecule has 3 nitrogen and oxygen atoms in total. The van der Waals surface area contributed by atoms with Gasteiger partial charge in [-0.05, 0) is 25.2 Å². The van der Waals surface area contributed by atoms with Crippen molar-refractivity contribution in [1.82, 2.24) is 10.2 Å². The highest BCUT2D eigenvalue weighted by molar-refractivity contribution is 5.83. The Morgan fingerprint density at radius 3 is 2.64 bits per heavy atom. The number of carbonyl (C=O) groups excluding carboxylic acids is 1. The molecular formula is C11H20N2O. The largest absolute Gasteiger partial charge is 0.328 e. The second-order valence-corrected chi connectivity index (χ2v) is 5.14. The summed E-state index contributed by atoms with van der Waals surface area (Å²) in [7, 11) is 0. The first kappa shape index (κ1) is 9.97. The third-order valence-electron chi connectivity index (χ3n) is 3.65. The predicted molar refractivity (Wildman–Crippen MR) is 55.8 cm³/mol. The van der Waals surface area contributed by atoms with Crippen molar-refractivity contribution in [2.24, 2.45) is 5.41 Å². The van der Waals surface area contributed by atoms with Crippen LogP contribution in [-0.2, 0) is 4.79 Å². The quantitative estimate of drug-likeness (QED) is 0.723. The molecule has 14 heavy (non-hydrogen) atoms. The van der Waals surface area contributed by atoms with Crippen molar-refractivity contribution >= 4 is 5.91 Å².